The summed E-state index contributed by atoms with van der Waals surface area (Å²) in [5.74, 6) is 1.86. The van der Waals surface area contributed by atoms with Crippen molar-refractivity contribution < 1.29 is 4.74 Å². The first kappa shape index (κ1) is 16.7. The van der Waals surface area contributed by atoms with E-state index in [-0.39, 0.29) is 0 Å². The summed E-state index contributed by atoms with van der Waals surface area (Å²) in [7, 11) is 1.74. The van der Waals surface area contributed by atoms with Crippen LogP contribution in [-0.4, -0.2) is 62.7 Å². The summed E-state index contributed by atoms with van der Waals surface area (Å²) < 4.78 is 5.36. The van der Waals surface area contributed by atoms with E-state index in [9.17, 15) is 0 Å². The minimum Gasteiger partial charge on any atom is -0.497 e. The first-order valence-electron chi connectivity index (χ1n) is 9.07. The predicted molar refractivity (Wildman–Crippen MR) is 95.0 cm³/mol. The lowest BCUT2D eigenvalue weighted by molar-refractivity contribution is 0.0868. The van der Waals surface area contributed by atoms with E-state index in [0.717, 1.165) is 11.7 Å². The van der Waals surface area contributed by atoms with Crippen molar-refractivity contribution in [1.29, 1.82) is 0 Å². The van der Waals surface area contributed by atoms with Gasteiger partial charge in [-0.2, -0.15) is 0 Å². The lowest BCUT2D eigenvalue weighted by atomic mass is 9.97. The van der Waals surface area contributed by atoms with E-state index < -0.39 is 0 Å². The maximum atomic E-state index is 5.36. The van der Waals surface area contributed by atoms with Crippen molar-refractivity contribution >= 4 is 0 Å². The van der Waals surface area contributed by atoms with Gasteiger partial charge in [-0.15, -0.1) is 0 Å². The average Bonchev–Trinajstić information content (AvgIpc) is 2.63. The van der Waals surface area contributed by atoms with Gasteiger partial charge >= 0.3 is 0 Å². The molecule has 4 heteroatoms. The zero-order valence-corrected chi connectivity index (χ0v) is 14.6. The molecule has 1 atom stereocenters. The quantitative estimate of drug-likeness (QED) is 0.902. The first-order valence-corrected chi connectivity index (χ1v) is 9.07. The van der Waals surface area contributed by atoms with Crippen LogP contribution in [0.25, 0.3) is 0 Å². The molecule has 1 unspecified atom stereocenters. The molecule has 0 bridgehead atoms. The van der Waals surface area contributed by atoms with E-state index in [2.05, 4.69) is 40.2 Å². The molecule has 128 valence electrons. The predicted octanol–water partition coefficient (Wildman–Crippen LogP) is 2.37. The summed E-state index contributed by atoms with van der Waals surface area (Å²) in [6.07, 6.45) is 2.70. The fraction of sp³-hybridized carbons (Fsp3) is 0.684. The summed E-state index contributed by atoms with van der Waals surface area (Å²) in [6.45, 7) is 10.8. The van der Waals surface area contributed by atoms with Crippen LogP contribution in [0, 0.1) is 5.92 Å². The fourth-order valence-corrected chi connectivity index (χ4v) is 3.87. The van der Waals surface area contributed by atoms with E-state index >= 15 is 0 Å². The standard InChI is InChI=1S/C19H31N3O/c1-16(18-4-3-5-19(14-18)23-2)22-12-10-21(11-13-22)15-17-6-8-20-9-7-17/h3-5,14,16-17,20H,6-13,15H2,1-2H3. The van der Waals surface area contributed by atoms with Crippen molar-refractivity contribution in [3.05, 3.63) is 29.8 Å². The van der Waals surface area contributed by atoms with Crippen LogP contribution in [0.15, 0.2) is 24.3 Å². The van der Waals surface area contributed by atoms with E-state index in [1.807, 2.05) is 6.07 Å². The lowest BCUT2D eigenvalue weighted by Crippen LogP contribution is -2.49. The number of piperidine rings is 1. The normalized spacial score (nSPS) is 22.9. The summed E-state index contributed by atoms with van der Waals surface area (Å²) in [5, 5.41) is 3.46. The van der Waals surface area contributed by atoms with Gasteiger partial charge in [0.05, 0.1) is 7.11 Å². The van der Waals surface area contributed by atoms with Crippen LogP contribution in [0.3, 0.4) is 0 Å². The van der Waals surface area contributed by atoms with Crippen LogP contribution in [0.2, 0.25) is 0 Å². The highest BCUT2D eigenvalue weighted by Gasteiger charge is 2.24. The highest BCUT2D eigenvalue weighted by atomic mass is 16.5. The second-order valence-corrected chi connectivity index (χ2v) is 6.98. The molecule has 1 aromatic carbocycles. The summed E-state index contributed by atoms with van der Waals surface area (Å²) in [4.78, 5) is 5.28. The van der Waals surface area contributed by atoms with Gasteiger partial charge in [0.15, 0.2) is 0 Å². The Hall–Kier alpha value is -1.10. The second-order valence-electron chi connectivity index (χ2n) is 6.98. The van der Waals surface area contributed by atoms with Crippen LogP contribution < -0.4 is 10.1 Å². The molecule has 3 rings (SSSR count). The fourth-order valence-electron chi connectivity index (χ4n) is 3.87. The Kier molecular flexibility index (Phi) is 5.92. The topological polar surface area (TPSA) is 27.7 Å². The van der Waals surface area contributed by atoms with Gasteiger partial charge in [-0.25, -0.2) is 0 Å². The van der Waals surface area contributed by atoms with Crippen LogP contribution >= 0.6 is 0 Å². The molecule has 2 saturated heterocycles. The maximum absolute atomic E-state index is 5.36. The number of rotatable bonds is 5. The Morgan fingerprint density at radius 2 is 1.91 bits per heavy atom. The van der Waals surface area contributed by atoms with Gasteiger partial charge in [-0.3, -0.25) is 4.90 Å². The molecule has 0 spiro atoms. The molecule has 4 nitrogen and oxygen atoms in total. The summed E-state index contributed by atoms with van der Waals surface area (Å²) in [5.41, 5.74) is 1.36. The van der Waals surface area contributed by atoms with Gasteiger partial charge in [-0.1, -0.05) is 12.1 Å². The molecular formula is C19H31N3O. The molecule has 0 amide bonds. The van der Waals surface area contributed by atoms with E-state index in [0.29, 0.717) is 6.04 Å². The number of methoxy groups -OCH3 is 1. The Labute approximate surface area is 140 Å². The van der Waals surface area contributed by atoms with Gasteiger partial charge in [-0.05, 0) is 56.5 Å². The van der Waals surface area contributed by atoms with Gasteiger partial charge in [0.2, 0.25) is 0 Å². The molecule has 0 aromatic heterocycles. The van der Waals surface area contributed by atoms with Crippen LogP contribution in [-0.2, 0) is 0 Å². The summed E-state index contributed by atoms with van der Waals surface area (Å²) >= 11 is 0. The highest BCUT2D eigenvalue weighted by molar-refractivity contribution is 5.30. The molecule has 2 fully saturated rings. The number of nitrogens with zero attached hydrogens (tertiary/aromatic N) is 2. The minimum absolute atomic E-state index is 0.464. The lowest BCUT2D eigenvalue weighted by Gasteiger charge is -2.40. The molecule has 0 radical (unpaired) electrons. The number of hydrogen-bond acceptors (Lipinski definition) is 4. The van der Waals surface area contributed by atoms with Gasteiger partial charge in [0, 0.05) is 38.8 Å². The van der Waals surface area contributed by atoms with Crippen molar-refractivity contribution in [2.24, 2.45) is 5.92 Å². The minimum atomic E-state index is 0.464. The largest absolute Gasteiger partial charge is 0.497 e. The van der Waals surface area contributed by atoms with Crippen LogP contribution in [0.5, 0.6) is 5.75 Å². The Morgan fingerprint density at radius 3 is 2.61 bits per heavy atom. The number of piperazine rings is 1. The third-order valence-corrected chi connectivity index (χ3v) is 5.51. The second kappa shape index (κ2) is 8.13. The Morgan fingerprint density at radius 1 is 1.17 bits per heavy atom. The third-order valence-electron chi connectivity index (χ3n) is 5.51. The van der Waals surface area contributed by atoms with Gasteiger partial charge < -0.3 is 15.0 Å². The molecule has 0 aliphatic carbocycles. The highest BCUT2D eigenvalue weighted by Crippen LogP contribution is 2.25. The molecule has 2 heterocycles. The SMILES string of the molecule is COc1cccc(C(C)N2CCN(CC3CCNCC3)CC2)c1. The third kappa shape index (κ3) is 4.46. The monoisotopic (exact) mass is 317 g/mol. The van der Waals surface area contributed by atoms with Gasteiger partial charge in [0.25, 0.3) is 0 Å². The van der Waals surface area contributed by atoms with Crippen molar-refractivity contribution in [3.8, 4) is 5.75 Å². The molecule has 23 heavy (non-hydrogen) atoms. The van der Waals surface area contributed by atoms with Crippen molar-refractivity contribution in [3.63, 3.8) is 0 Å². The van der Waals surface area contributed by atoms with Crippen molar-refractivity contribution in [2.45, 2.75) is 25.8 Å². The van der Waals surface area contributed by atoms with Gasteiger partial charge in [0.1, 0.15) is 5.75 Å². The van der Waals surface area contributed by atoms with Crippen molar-refractivity contribution in [2.75, 3.05) is 52.9 Å². The molecule has 2 aliphatic rings. The number of nitrogens with one attached hydrogen (secondary N) is 1. The van der Waals surface area contributed by atoms with Crippen LogP contribution in [0.4, 0.5) is 0 Å². The smallest absolute Gasteiger partial charge is 0.119 e. The van der Waals surface area contributed by atoms with Crippen molar-refractivity contribution in [1.82, 2.24) is 15.1 Å². The van der Waals surface area contributed by atoms with E-state index in [4.69, 9.17) is 4.74 Å². The molecule has 0 saturated carbocycles. The number of benzene rings is 1. The Balaban J connectivity index is 1.49. The van der Waals surface area contributed by atoms with Crippen LogP contribution in [0.1, 0.15) is 31.4 Å². The average molecular weight is 317 g/mol. The van der Waals surface area contributed by atoms with E-state index in [1.54, 1.807) is 7.11 Å². The Bertz CT molecular complexity index is 479. The zero-order chi connectivity index (χ0) is 16.1. The molecule has 2 aliphatic heterocycles. The molecule has 1 N–H and O–H groups in total. The molecular weight excluding hydrogens is 286 g/mol. The summed E-state index contributed by atoms with van der Waals surface area (Å²) in [6, 6.07) is 8.97. The zero-order valence-electron chi connectivity index (χ0n) is 14.6. The molecule has 1 aromatic rings. The maximum Gasteiger partial charge on any atom is 0.119 e. The van der Waals surface area contributed by atoms with E-state index in [1.165, 1.54) is 64.2 Å². The number of hydrogen-bond donors (Lipinski definition) is 1. The number of ether oxygens (including phenoxy) is 1. The first-order chi connectivity index (χ1) is 11.3.